The lowest BCUT2D eigenvalue weighted by molar-refractivity contribution is 0.0533. The zero-order chi connectivity index (χ0) is 10.8. The summed E-state index contributed by atoms with van der Waals surface area (Å²) in [5, 5.41) is 0. The highest BCUT2D eigenvalue weighted by atomic mass is 32.1. The Kier molecular flexibility index (Phi) is 2.51. The second-order valence-corrected chi connectivity index (χ2v) is 3.85. The summed E-state index contributed by atoms with van der Waals surface area (Å²) in [6, 6.07) is 0. The van der Waals surface area contributed by atoms with Gasteiger partial charge >= 0.3 is 5.97 Å². The van der Waals surface area contributed by atoms with Crippen LogP contribution in [0, 0.1) is 0 Å². The van der Waals surface area contributed by atoms with E-state index >= 15 is 0 Å². The highest BCUT2D eigenvalue weighted by molar-refractivity contribution is 7.21. The lowest BCUT2D eigenvalue weighted by atomic mass is 10.3. The smallest absolute Gasteiger partial charge is 0.350 e. The van der Waals surface area contributed by atoms with Crippen molar-refractivity contribution >= 4 is 33.2 Å². The molecule has 15 heavy (non-hydrogen) atoms. The number of rotatable bonds is 2. The molecule has 5 nitrogen and oxygen atoms in total. The Morgan fingerprint density at radius 2 is 2.47 bits per heavy atom. The van der Waals surface area contributed by atoms with Gasteiger partial charge in [0.2, 0.25) is 0 Å². The molecule has 2 aromatic heterocycles. The number of ether oxygens (including phenoxy) is 1. The van der Waals surface area contributed by atoms with Crippen LogP contribution in [-0.4, -0.2) is 22.5 Å². The van der Waals surface area contributed by atoms with E-state index in [-0.39, 0.29) is 0 Å². The fourth-order valence-electron chi connectivity index (χ4n) is 1.21. The molecule has 0 saturated carbocycles. The first-order valence-corrected chi connectivity index (χ1v) is 5.20. The van der Waals surface area contributed by atoms with Gasteiger partial charge in [0.25, 0.3) is 0 Å². The summed E-state index contributed by atoms with van der Waals surface area (Å²) in [6.45, 7) is 2.08. The molecule has 0 saturated heterocycles. The Morgan fingerprint density at radius 1 is 1.67 bits per heavy atom. The Morgan fingerprint density at radius 3 is 3.13 bits per heavy atom. The number of nitrogens with two attached hydrogens (primary N) is 1. The molecule has 0 amide bonds. The van der Waals surface area contributed by atoms with Gasteiger partial charge in [0.15, 0.2) is 0 Å². The Hall–Kier alpha value is -1.69. The van der Waals surface area contributed by atoms with Crippen LogP contribution in [0.5, 0.6) is 0 Å². The second kappa shape index (κ2) is 3.82. The van der Waals surface area contributed by atoms with E-state index in [9.17, 15) is 4.79 Å². The Balaban J connectivity index is 2.53. The summed E-state index contributed by atoms with van der Waals surface area (Å²) in [6.07, 6.45) is 3.03. The molecular weight excluding hydrogens is 214 g/mol. The first kappa shape index (κ1) is 9.85. The van der Waals surface area contributed by atoms with Crippen molar-refractivity contribution in [3.8, 4) is 0 Å². The van der Waals surface area contributed by atoms with Gasteiger partial charge in [-0.1, -0.05) is 0 Å². The summed E-state index contributed by atoms with van der Waals surface area (Å²) < 4.78 is 5.67. The van der Waals surface area contributed by atoms with Crippen LogP contribution in [0.3, 0.4) is 0 Å². The van der Waals surface area contributed by atoms with Crippen LogP contribution in [-0.2, 0) is 4.74 Å². The SMILES string of the molecule is CCOC(=O)c1sc2cncnc2c1N. The summed E-state index contributed by atoms with van der Waals surface area (Å²) in [4.78, 5) is 19.8. The number of carbonyl (C=O) groups is 1. The fourth-order valence-corrected chi connectivity index (χ4v) is 2.16. The molecule has 0 aliphatic rings. The highest BCUT2D eigenvalue weighted by Crippen LogP contribution is 2.31. The molecule has 6 heteroatoms. The van der Waals surface area contributed by atoms with Crippen LogP contribution in [0.25, 0.3) is 10.2 Å². The fraction of sp³-hybridized carbons (Fsp3) is 0.222. The predicted octanol–water partition coefficient (Wildman–Crippen LogP) is 1.45. The molecule has 78 valence electrons. The second-order valence-electron chi connectivity index (χ2n) is 2.80. The average molecular weight is 223 g/mol. The van der Waals surface area contributed by atoms with Gasteiger partial charge in [-0.05, 0) is 6.92 Å². The molecule has 2 aromatic rings. The molecule has 0 aliphatic heterocycles. The molecule has 2 rings (SSSR count). The molecule has 0 bridgehead atoms. The Labute approximate surface area is 89.9 Å². The van der Waals surface area contributed by atoms with Crippen LogP contribution in [0.1, 0.15) is 16.6 Å². The number of nitrogen functional groups attached to an aromatic ring is 1. The summed E-state index contributed by atoms with van der Waals surface area (Å²) in [5.41, 5.74) is 6.77. The molecule has 0 spiro atoms. The zero-order valence-corrected chi connectivity index (χ0v) is 8.87. The maximum absolute atomic E-state index is 11.5. The maximum atomic E-state index is 11.5. The van der Waals surface area contributed by atoms with Gasteiger partial charge in [0.1, 0.15) is 16.7 Å². The first-order valence-electron chi connectivity index (χ1n) is 4.39. The van der Waals surface area contributed by atoms with Crippen LogP contribution >= 0.6 is 11.3 Å². The standard InChI is InChI=1S/C9H9N3O2S/c1-2-14-9(13)8-6(10)7-5(15-8)3-11-4-12-7/h3-4H,2,10H2,1H3. The number of esters is 1. The maximum Gasteiger partial charge on any atom is 0.350 e. The Bertz CT molecular complexity index is 509. The third kappa shape index (κ3) is 1.63. The first-order chi connectivity index (χ1) is 7.24. The third-order valence-electron chi connectivity index (χ3n) is 1.85. The van der Waals surface area contributed by atoms with E-state index in [1.165, 1.54) is 17.7 Å². The van der Waals surface area contributed by atoms with Crippen LogP contribution in [0.4, 0.5) is 5.69 Å². The van der Waals surface area contributed by atoms with Crippen molar-refractivity contribution in [1.29, 1.82) is 0 Å². The van der Waals surface area contributed by atoms with Gasteiger partial charge in [-0.2, -0.15) is 0 Å². The van der Waals surface area contributed by atoms with Crippen molar-refractivity contribution in [3.63, 3.8) is 0 Å². The van der Waals surface area contributed by atoms with Crippen molar-refractivity contribution in [1.82, 2.24) is 9.97 Å². The van der Waals surface area contributed by atoms with Crippen molar-refractivity contribution in [2.75, 3.05) is 12.3 Å². The van der Waals surface area contributed by atoms with Crippen LogP contribution in [0.2, 0.25) is 0 Å². The number of fused-ring (bicyclic) bond motifs is 1. The third-order valence-corrected chi connectivity index (χ3v) is 2.96. The van der Waals surface area contributed by atoms with Gasteiger partial charge in [-0.25, -0.2) is 14.8 Å². The van der Waals surface area contributed by atoms with E-state index in [2.05, 4.69) is 9.97 Å². The lowest BCUT2D eigenvalue weighted by Gasteiger charge is -1.98. The largest absolute Gasteiger partial charge is 0.462 e. The minimum atomic E-state index is -0.405. The monoisotopic (exact) mass is 223 g/mol. The normalized spacial score (nSPS) is 10.5. The van der Waals surface area contributed by atoms with Gasteiger partial charge in [-0.15, -0.1) is 11.3 Å². The van der Waals surface area contributed by atoms with Crippen LogP contribution < -0.4 is 5.73 Å². The minimum Gasteiger partial charge on any atom is -0.462 e. The topological polar surface area (TPSA) is 78.1 Å². The molecular formula is C9H9N3O2S. The van der Waals surface area contributed by atoms with E-state index in [1.54, 1.807) is 13.1 Å². The van der Waals surface area contributed by atoms with Crippen molar-refractivity contribution in [3.05, 3.63) is 17.4 Å². The van der Waals surface area contributed by atoms with Gasteiger partial charge < -0.3 is 10.5 Å². The summed E-state index contributed by atoms with van der Waals surface area (Å²) in [5.74, 6) is -0.405. The number of carbonyl (C=O) groups excluding carboxylic acids is 1. The number of hydrogen-bond donors (Lipinski definition) is 1. The summed E-state index contributed by atoms with van der Waals surface area (Å²) >= 11 is 1.25. The number of hydrogen-bond acceptors (Lipinski definition) is 6. The van der Waals surface area contributed by atoms with Gasteiger partial charge in [0, 0.05) is 6.20 Å². The van der Waals surface area contributed by atoms with Crippen molar-refractivity contribution in [2.24, 2.45) is 0 Å². The quantitative estimate of drug-likeness (QED) is 0.779. The molecule has 0 atom stereocenters. The number of thiophene rings is 1. The molecule has 0 aliphatic carbocycles. The number of nitrogens with zero attached hydrogens (tertiary/aromatic N) is 2. The molecule has 0 unspecified atom stereocenters. The summed E-state index contributed by atoms with van der Waals surface area (Å²) in [7, 11) is 0. The van der Waals surface area contributed by atoms with Crippen molar-refractivity contribution in [2.45, 2.75) is 6.92 Å². The van der Waals surface area contributed by atoms with Gasteiger partial charge in [0.05, 0.1) is 17.0 Å². The molecule has 2 heterocycles. The molecule has 2 N–H and O–H groups in total. The zero-order valence-electron chi connectivity index (χ0n) is 8.06. The molecule has 0 aromatic carbocycles. The average Bonchev–Trinajstić information content (AvgIpc) is 2.57. The molecule has 0 fully saturated rings. The minimum absolute atomic E-state index is 0.332. The molecule has 0 radical (unpaired) electrons. The van der Waals surface area contributed by atoms with E-state index in [0.717, 1.165) is 4.70 Å². The van der Waals surface area contributed by atoms with E-state index in [4.69, 9.17) is 10.5 Å². The van der Waals surface area contributed by atoms with Crippen LogP contribution in [0.15, 0.2) is 12.5 Å². The van der Waals surface area contributed by atoms with Crippen molar-refractivity contribution < 1.29 is 9.53 Å². The van der Waals surface area contributed by atoms with E-state index in [0.29, 0.717) is 22.7 Å². The number of aromatic nitrogens is 2. The van der Waals surface area contributed by atoms with E-state index < -0.39 is 5.97 Å². The lowest BCUT2D eigenvalue weighted by Crippen LogP contribution is -2.04. The highest BCUT2D eigenvalue weighted by Gasteiger charge is 2.17. The van der Waals surface area contributed by atoms with Gasteiger partial charge in [-0.3, -0.25) is 0 Å². The predicted molar refractivity (Wildman–Crippen MR) is 57.8 cm³/mol. The van der Waals surface area contributed by atoms with E-state index in [1.807, 2.05) is 0 Å². The number of anilines is 1.